The van der Waals surface area contributed by atoms with E-state index in [1.807, 2.05) is 19.1 Å². The highest BCUT2D eigenvalue weighted by Crippen LogP contribution is 2.25. The van der Waals surface area contributed by atoms with Crippen LogP contribution in [0.2, 0.25) is 0 Å². The SMILES string of the molecule is Cc1ccnc2cccc([O])c12. The normalized spacial score (nSPS) is 10.4. The molecule has 1 heterocycles. The van der Waals surface area contributed by atoms with Crippen LogP contribution in [0.25, 0.3) is 10.9 Å². The first kappa shape index (κ1) is 7.10. The van der Waals surface area contributed by atoms with E-state index in [9.17, 15) is 5.11 Å². The molecule has 0 aliphatic heterocycles. The van der Waals surface area contributed by atoms with Crippen molar-refractivity contribution in [2.24, 2.45) is 0 Å². The Hall–Kier alpha value is -1.57. The number of aromatic nitrogens is 1. The predicted octanol–water partition coefficient (Wildman–Crippen LogP) is 2.69. The van der Waals surface area contributed by atoms with Gasteiger partial charge in [0, 0.05) is 6.20 Å². The molecule has 2 rings (SSSR count). The number of nitrogens with zero attached hydrogens (tertiary/aromatic N) is 1. The van der Waals surface area contributed by atoms with Gasteiger partial charge in [-0.2, -0.15) is 0 Å². The lowest BCUT2D eigenvalue weighted by Gasteiger charge is -1.99. The maximum atomic E-state index is 11.4. The van der Waals surface area contributed by atoms with Gasteiger partial charge in [-0.1, -0.05) is 6.07 Å². The lowest BCUT2D eigenvalue weighted by atomic mass is 10.1. The highest BCUT2D eigenvalue weighted by Gasteiger charge is 2.03. The predicted molar refractivity (Wildman–Crippen MR) is 46.6 cm³/mol. The van der Waals surface area contributed by atoms with Crippen LogP contribution in [0.5, 0.6) is 5.75 Å². The minimum atomic E-state index is 0.0538. The Morgan fingerprint density at radius 3 is 2.83 bits per heavy atom. The molecule has 0 amide bonds. The van der Waals surface area contributed by atoms with Crippen molar-refractivity contribution in [2.45, 2.75) is 6.92 Å². The molecule has 59 valence electrons. The molecule has 2 heteroatoms. The van der Waals surface area contributed by atoms with Crippen LogP contribution >= 0.6 is 0 Å². The third kappa shape index (κ3) is 0.925. The summed E-state index contributed by atoms with van der Waals surface area (Å²) in [6.45, 7) is 1.92. The van der Waals surface area contributed by atoms with Gasteiger partial charge in [-0.05, 0) is 30.7 Å². The van der Waals surface area contributed by atoms with Crippen LogP contribution in [0.3, 0.4) is 0 Å². The largest absolute Gasteiger partial charge is 0.289 e. The van der Waals surface area contributed by atoms with Crippen LogP contribution in [0, 0.1) is 6.92 Å². The summed E-state index contributed by atoms with van der Waals surface area (Å²) in [7, 11) is 0. The molecule has 12 heavy (non-hydrogen) atoms. The maximum Gasteiger partial charge on any atom is 0.188 e. The van der Waals surface area contributed by atoms with E-state index < -0.39 is 0 Å². The zero-order valence-corrected chi connectivity index (χ0v) is 6.74. The van der Waals surface area contributed by atoms with Gasteiger partial charge in [-0.3, -0.25) is 10.1 Å². The van der Waals surface area contributed by atoms with Crippen LogP contribution in [-0.4, -0.2) is 4.98 Å². The summed E-state index contributed by atoms with van der Waals surface area (Å²) in [5.41, 5.74) is 1.77. The molecule has 0 spiro atoms. The minimum Gasteiger partial charge on any atom is -0.289 e. The lowest BCUT2D eigenvalue weighted by molar-refractivity contribution is 0.360. The first-order valence-corrected chi connectivity index (χ1v) is 3.80. The maximum absolute atomic E-state index is 11.4. The molecule has 0 aliphatic carbocycles. The summed E-state index contributed by atoms with van der Waals surface area (Å²) in [4.78, 5) is 4.10. The number of fused-ring (bicyclic) bond motifs is 1. The van der Waals surface area contributed by atoms with Gasteiger partial charge in [0.05, 0.1) is 10.9 Å². The highest BCUT2D eigenvalue weighted by molar-refractivity contribution is 5.87. The fourth-order valence-corrected chi connectivity index (χ4v) is 1.34. The fraction of sp³-hybridized carbons (Fsp3) is 0.100. The molecule has 0 N–H and O–H groups in total. The summed E-state index contributed by atoms with van der Waals surface area (Å²) in [5, 5.41) is 12.1. The van der Waals surface area contributed by atoms with Crippen molar-refractivity contribution in [1.82, 2.24) is 4.98 Å². The standard InChI is InChI=1S/C10H8NO/c1-7-5-6-11-8-3-2-4-9(12)10(7)8/h2-6H,1H3. The molecule has 1 aromatic carbocycles. The van der Waals surface area contributed by atoms with E-state index in [0.717, 1.165) is 16.5 Å². The average molecular weight is 158 g/mol. The number of benzene rings is 1. The molecule has 2 aromatic rings. The Balaban J connectivity index is 2.96. The van der Waals surface area contributed by atoms with Crippen LogP contribution < -0.4 is 0 Å². The molecular formula is C10H8NO. The van der Waals surface area contributed by atoms with Crippen molar-refractivity contribution in [3.8, 4) is 5.75 Å². The zero-order chi connectivity index (χ0) is 8.55. The van der Waals surface area contributed by atoms with E-state index in [1.165, 1.54) is 0 Å². The van der Waals surface area contributed by atoms with Gasteiger partial charge in [0.25, 0.3) is 0 Å². The van der Waals surface area contributed by atoms with E-state index in [-0.39, 0.29) is 5.75 Å². The van der Waals surface area contributed by atoms with E-state index in [4.69, 9.17) is 0 Å². The van der Waals surface area contributed by atoms with Gasteiger partial charge in [0.1, 0.15) is 0 Å². The van der Waals surface area contributed by atoms with Crippen LogP contribution in [0.1, 0.15) is 5.56 Å². The second-order valence-corrected chi connectivity index (χ2v) is 2.78. The molecular weight excluding hydrogens is 150 g/mol. The Bertz CT molecular complexity index is 386. The summed E-state index contributed by atoms with van der Waals surface area (Å²) in [5.74, 6) is 0.0538. The second kappa shape index (κ2) is 2.48. The zero-order valence-electron chi connectivity index (χ0n) is 6.74. The molecule has 0 unspecified atom stereocenters. The van der Waals surface area contributed by atoms with Gasteiger partial charge in [-0.25, -0.2) is 0 Å². The number of pyridine rings is 1. The van der Waals surface area contributed by atoms with Crippen LogP contribution in [0.15, 0.2) is 30.5 Å². The number of hydrogen-bond acceptors (Lipinski definition) is 1. The number of aryl methyl sites for hydroxylation is 1. The topological polar surface area (TPSA) is 32.8 Å². The van der Waals surface area contributed by atoms with Gasteiger partial charge in [-0.15, -0.1) is 0 Å². The Kier molecular flexibility index (Phi) is 1.47. The number of hydrogen-bond donors (Lipinski definition) is 0. The van der Waals surface area contributed by atoms with Gasteiger partial charge >= 0.3 is 0 Å². The summed E-state index contributed by atoms with van der Waals surface area (Å²) in [6.07, 6.45) is 1.72. The molecule has 1 radical (unpaired) electrons. The van der Waals surface area contributed by atoms with Crippen molar-refractivity contribution >= 4 is 10.9 Å². The summed E-state index contributed by atoms with van der Waals surface area (Å²) in [6, 6.07) is 7.00. The Morgan fingerprint density at radius 1 is 1.25 bits per heavy atom. The van der Waals surface area contributed by atoms with Gasteiger partial charge in [0.15, 0.2) is 5.75 Å². The van der Waals surface area contributed by atoms with Gasteiger partial charge in [0.2, 0.25) is 0 Å². The molecule has 0 fully saturated rings. The second-order valence-electron chi connectivity index (χ2n) is 2.78. The van der Waals surface area contributed by atoms with Crippen molar-refractivity contribution in [3.63, 3.8) is 0 Å². The fourth-order valence-electron chi connectivity index (χ4n) is 1.34. The van der Waals surface area contributed by atoms with Crippen molar-refractivity contribution in [2.75, 3.05) is 0 Å². The monoisotopic (exact) mass is 158 g/mol. The molecule has 0 bridgehead atoms. The average Bonchev–Trinajstić information content (AvgIpc) is 2.04. The molecule has 0 atom stereocenters. The smallest absolute Gasteiger partial charge is 0.188 e. The minimum absolute atomic E-state index is 0.0538. The summed E-state index contributed by atoms with van der Waals surface area (Å²) >= 11 is 0. The third-order valence-electron chi connectivity index (χ3n) is 1.94. The first-order chi connectivity index (χ1) is 5.79. The number of rotatable bonds is 0. The Morgan fingerprint density at radius 2 is 2.08 bits per heavy atom. The van der Waals surface area contributed by atoms with E-state index in [0.29, 0.717) is 0 Å². The van der Waals surface area contributed by atoms with Crippen LogP contribution in [0.4, 0.5) is 0 Å². The molecule has 0 saturated heterocycles. The van der Waals surface area contributed by atoms with E-state index in [2.05, 4.69) is 4.98 Å². The van der Waals surface area contributed by atoms with Gasteiger partial charge < -0.3 is 0 Å². The highest BCUT2D eigenvalue weighted by atomic mass is 16.3. The molecule has 2 nitrogen and oxygen atoms in total. The summed E-state index contributed by atoms with van der Waals surface area (Å²) < 4.78 is 0. The quantitative estimate of drug-likeness (QED) is 0.580. The molecule has 0 aliphatic rings. The Labute approximate surface area is 70.5 Å². The first-order valence-electron chi connectivity index (χ1n) is 3.80. The molecule has 0 saturated carbocycles. The third-order valence-corrected chi connectivity index (χ3v) is 1.94. The van der Waals surface area contributed by atoms with Crippen LogP contribution in [-0.2, 0) is 5.11 Å². The van der Waals surface area contributed by atoms with Crippen molar-refractivity contribution in [1.29, 1.82) is 0 Å². The van der Waals surface area contributed by atoms with E-state index in [1.54, 1.807) is 18.3 Å². The van der Waals surface area contributed by atoms with Crippen molar-refractivity contribution in [3.05, 3.63) is 36.0 Å². The molecule has 1 aromatic heterocycles. The van der Waals surface area contributed by atoms with E-state index >= 15 is 0 Å². The lowest BCUT2D eigenvalue weighted by Crippen LogP contribution is -1.81. The van der Waals surface area contributed by atoms with Crippen molar-refractivity contribution < 1.29 is 5.11 Å².